The number of carbonyl (C=O) groups is 1. The second-order valence-corrected chi connectivity index (χ2v) is 5.13. The number of phenols is 1. The van der Waals surface area contributed by atoms with Gasteiger partial charge in [-0.25, -0.2) is 0 Å². The van der Waals surface area contributed by atoms with Crippen molar-refractivity contribution in [3.8, 4) is 29.1 Å². The van der Waals surface area contributed by atoms with E-state index in [1.165, 1.54) is 37.5 Å². The van der Waals surface area contributed by atoms with Gasteiger partial charge in [-0.1, -0.05) is 0 Å². The number of aromatic hydroxyl groups is 1. The van der Waals surface area contributed by atoms with E-state index in [0.717, 1.165) is 0 Å². The second kappa shape index (κ2) is 6.84. The zero-order chi connectivity index (χ0) is 17.8. The van der Waals surface area contributed by atoms with E-state index in [1.54, 1.807) is 12.1 Å². The number of ether oxygens (including phenoxy) is 3. The van der Waals surface area contributed by atoms with E-state index in [4.69, 9.17) is 14.2 Å². The lowest BCUT2D eigenvalue weighted by Crippen LogP contribution is -2.13. The van der Waals surface area contributed by atoms with Crippen LogP contribution in [0.3, 0.4) is 0 Å². The number of phenolic OH excluding ortho intramolecular Hbond substituents is 1. The van der Waals surface area contributed by atoms with Gasteiger partial charge in [0.25, 0.3) is 5.91 Å². The fraction of sp³-hybridized carbons (Fsp3) is 0.111. The van der Waals surface area contributed by atoms with Crippen LogP contribution in [0, 0.1) is 11.3 Å². The van der Waals surface area contributed by atoms with Crippen molar-refractivity contribution in [1.29, 1.82) is 5.26 Å². The molecule has 1 aliphatic heterocycles. The molecule has 2 aromatic carbocycles. The molecule has 0 aliphatic carbocycles. The maximum Gasteiger partial charge on any atom is 0.266 e. The van der Waals surface area contributed by atoms with Gasteiger partial charge >= 0.3 is 0 Å². The Bertz CT molecular complexity index is 882. The van der Waals surface area contributed by atoms with E-state index in [9.17, 15) is 15.2 Å². The Morgan fingerprint density at radius 1 is 1.32 bits per heavy atom. The molecule has 3 rings (SSSR count). The summed E-state index contributed by atoms with van der Waals surface area (Å²) in [6.45, 7) is 0.0886. The zero-order valence-electron chi connectivity index (χ0n) is 13.3. The van der Waals surface area contributed by atoms with Gasteiger partial charge in [-0.15, -0.1) is 0 Å². The van der Waals surface area contributed by atoms with Crippen molar-refractivity contribution in [2.75, 3.05) is 19.2 Å². The molecule has 2 N–H and O–H groups in total. The predicted octanol–water partition coefficient (Wildman–Crippen LogP) is 2.68. The summed E-state index contributed by atoms with van der Waals surface area (Å²) in [5.41, 5.74) is 0.944. The molecule has 1 amide bonds. The van der Waals surface area contributed by atoms with E-state index < -0.39 is 5.91 Å². The Labute approximate surface area is 143 Å². The van der Waals surface area contributed by atoms with Gasteiger partial charge < -0.3 is 24.6 Å². The molecule has 7 nitrogen and oxygen atoms in total. The Kier molecular flexibility index (Phi) is 4.44. The van der Waals surface area contributed by atoms with Crippen LogP contribution in [0.15, 0.2) is 42.0 Å². The molecule has 2 aromatic rings. The molecule has 25 heavy (non-hydrogen) atoms. The highest BCUT2D eigenvalue weighted by atomic mass is 16.7. The summed E-state index contributed by atoms with van der Waals surface area (Å²) in [5, 5.41) is 21.1. The molecule has 7 heteroatoms. The van der Waals surface area contributed by atoms with Crippen LogP contribution in [0.1, 0.15) is 5.56 Å². The Hall–Kier alpha value is -3.66. The van der Waals surface area contributed by atoms with Gasteiger partial charge in [0.1, 0.15) is 17.4 Å². The lowest BCUT2D eigenvalue weighted by molar-refractivity contribution is -0.112. The van der Waals surface area contributed by atoms with E-state index in [0.29, 0.717) is 28.5 Å². The topological polar surface area (TPSA) is 101 Å². The molecule has 0 radical (unpaired) electrons. The van der Waals surface area contributed by atoms with Crippen LogP contribution < -0.4 is 19.5 Å². The molecule has 0 saturated heterocycles. The van der Waals surface area contributed by atoms with Crippen molar-refractivity contribution in [1.82, 2.24) is 0 Å². The number of nitrogens with one attached hydrogen (secondary N) is 1. The fourth-order valence-electron chi connectivity index (χ4n) is 2.29. The maximum atomic E-state index is 12.3. The van der Waals surface area contributed by atoms with Crippen molar-refractivity contribution in [2.24, 2.45) is 0 Å². The number of anilines is 1. The van der Waals surface area contributed by atoms with Crippen LogP contribution in [0.5, 0.6) is 23.0 Å². The lowest BCUT2D eigenvalue weighted by atomic mass is 10.1. The molecule has 0 spiro atoms. The number of carbonyl (C=O) groups excluding carboxylic acids is 1. The predicted molar refractivity (Wildman–Crippen MR) is 89.4 cm³/mol. The van der Waals surface area contributed by atoms with Gasteiger partial charge in [0.05, 0.1) is 7.11 Å². The number of hydrogen-bond acceptors (Lipinski definition) is 6. The smallest absolute Gasteiger partial charge is 0.266 e. The molecule has 1 aliphatic rings. The first kappa shape index (κ1) is 16.2. The number of nitriles is 1. The molecule has 0 fully saturated rings. The average Bonchev–Trinajstić information content (AvgIpc) is 3.09. The van der Waals surface area contributed by atoms with Gasteiger partial charge in [0.2, 0.25) is 12.5 Å². The van der Waals surface area contributed by atoms with Crippen LogP contribution in [-0.4, -0.2) is 24.9 Å². The Balaban J connectivity index is 1.86. The first-order chi connectivity index (χ1) is 12.1. The third-order valence-corrected chi connectivity index (χ3v) is 3.48. The first-order valence-corrected chi connectivity index (χ1v) is 7.30. The lowest BCUT2D eigenvalue weighted by Gasteiger charge is -2.07. The summed E-state index contributed by atoms with van der Waals surface area (Å²) in [6, 6.07) is 11.1. The minimum absolute atomic E-state index is 0.0847. The highest BCUT2D eigenvalue weighted by Gasteiger charge is 2.20. The fourth-order valence-corrected chi connectivity index (χ4v) is 2.29. The number of nitrogens with zero attached hydrogens (tertiary/aromatic N) is 1. The summed E-state index contributed by atoms with van der Waals surface area (Å²) in [4.78, 5) is 12.3. The van der Waals surface area contributed by atoms with E-state index in [-0.39, 0.29) is 18.1 Å². The summed E-state index contributed by atoms with van der Waals surface area (Å²) in [6.07, 6.45) is 1.43. The standard InChI is InChI=1S/C18H14N2O5/c1-23-15-7-11(8-16-17(15)25-10-24-16)6-12(9-19)18(22)20-13-2-4-14(21)5-3-13/h2-8,21H,10H2,1H3,(H,20,22). The minimum atomic E-state index is -0.565. The highest BCUT2D eigenvalue weighted by molar-refractivity contribution is 6.09. The van der Waals surface area contributed by atoms with Crippen LogP contribution in [0.2, 0.25) is 0 Å². The van der Waals surface area contributed by atoms with Gasteiger partial charge in [0, 0.05) is 5.69 Å². The normalized spacial score (nSPS) is 12.4. The van der Waals surface area contributed by atoms with E-state index in [1.807, 2.05) is 6.07 Å². The first-order valence-electron chi connectivity index (χ1n) is 7.30. The highest BCUT2D eigenvalue weighted by Crippen LogP contribution is 2.42. The van der Waals surface area contributed by atoms with Crippen LogP contribution in [-0.2, 0) is 4.79 Å². The number of benzene rings is 2. The largest absolute Gasteiger partial charge is 0.508 e. The second-order valence-electron chi connectivity index (χ2n) is 5.13. The van der Waals surface area contributed by atoms with E-state index in [2.05, 4.69) is 5.32 Å². The minimum Gasteiger partial charge on any atom is -0.508 e. The SMILES string of the molecule is COc1cc(C=C(C#N)C(=O)Nc2ccc(O)cc2)cc2c1OCO2. The molecular formula is C18H14N2O5. The zero-order valence-corrected chi connectivity index (χ0v) is 13.3. The Morgan fingerprint density at radius 2 is 2.08 bits per heavy atom. The van der Waals surface area contributed by atoms with Gasteiger partial charge in [0.15, 0.2) is 11.5 Å². The van der Waals surface area contributed by atoms with Crippen molar-refractivity contribution >= 4 is 17.7 Å². The molecule has 126 valence electrons. The summed E-state index contributed by atoms with van der Waals surface area (Å²) in [5.74, 6) is 0.956. The number of amides is 1. The molecule has 0 atom stereocenters. The quantitative estimate of drug-likeness (QED) is 0.505. The third kappa shape index (κ3) is 3.48. The van der Waals surface area contributed by atoms with Gasteiger partial charge in [-0.3, -0.25) is 4.79 Å². The number of hydrogen-bond donors (Lipinski definition) is 2. The van der Waals surface area contributed by atoms with Gasteiger partial charge in [-0.2, -0.15) is 5.26 Å². The molecule has 0 unspecified atom stereocenters. The van der Waals surface area contributed by atoms with Crippen LogP contribution >= 0.6 is 0 Å². The monoisotopic (exact) mass is 338 g/mol. The molecule has 0 aromatic heterocycles. The van der Waals surface area contributed by atoms with Crippen LogP contribution in [0.25, 0.3) is 6.08 Å². The summed E-state index contributed by atoms with van der Waals surface area (Å²) >= 11 is 0. The van der Waals surface area contributed by atoms with E-state index >= 15 is 0 Å². The molecular weight excluding hydrogens is 324 g/mol. The third-order valence-electron chi connectivity index (χ3n) is 3.48. The summed E-state index contributed by atoms with van der Waals surface area (Å²) in [7, 11) is 1.49. The number of fused-ring (bicyclic) bond motifs is 1. The van der Waals surface area contributed by atoms with Crippen molar-refractivity contribution in [3.63, 3.8) is 0 Å². The van der Waals surface area contributed by atoms with Crippen molar-refractivity contribution < 1.29 is 24.1 Å². The maximum absolute atomic E-state index is 12.3. The number of rotatable bonds is 4. The van der Waals surface area contributed by atoms with Crippen LogP contribution in [0.4, 0.5) is 5.69 Å². The van der Waals surface area contributed by atoms with Gasteiger partial charge in [-0.05, 0) is 48.0 Å². The molecule has 0 saturated carbocycles. The number of methoxy groups -OCH3 is 1. The van der Waals surface area contributed by atoms with Crippen molar-refractivity contribution in [3.05, 3.63) is 47.5 Å². The van der Waals surface area contributed by atoms with Crippen molar-refractivity contribution in [2.45, 2.75) is 0 Å². The molecule has 0 bridgehead atoms. The summed E-state index contributed by atoms with van der Waals surface area (Å²) < 4.78 is 15.9. The Morgan fingerprint density at radius 3 is 2.76 bits per heavy atom. The average molecular weight is 338 g/mol. The molecule has 1 heterocycles.